The molecule has 0 amide bonds. The van der Waals surface area contributed by atoms with E-state index in [-0.39, 0.29) is 0 Å². The van der Waals surface area contributed by atoms with Crippen LogP contribution in [0.1, 0.15) is 23.1 Å². The molecule has 1 aliphatic rings. The Morgan fingerprint density at radius 1 is 1.57 bits per heavy atom. The van der Waals surface area contributed by atoms with Crippen LogP contribution in [0.3, 0.4) is 0 Å². The van der Waals surface area contributed by atoms with Gasteiger partial charge in [0.15, 0.2) is 0 Å². The van der Waals surface area contributed by atoms with Crippen molar-refractivity contribution in [1.29, 1.82) is 5.26 Å². The fourth-order valence-corrected chi connectivity index (χ4v) is 1.78. The number of rotatable bonds is 2. The van der Waals surface area contributed by atoms with E-state index in [4.69, 9.17) is 11.0 Å². The summed E-state index contributed by atoms with van der Waals surface area (Å²) in [5.41, 5.74) is 9.06. The predicted octanol–water partition coefficient (Wildman–Crippen LogP) is 1.76. The SMILES string of the molecule is Cc1cc(C#N)ccc1CC1CC1N. The molecule has 0 aromatic heterocycles. The molecule has 72 valence electrons. The van der Waals surface area contributed by atoms with E-state index in [0.29, 0.717) is 12.0 Å². The van der Waals surface area contributed by atoms with E-state index in [2.05, 4.69) is 19.1 Å². The van der Waals surface area contributed by atoms with Gasteiger partial charge in [0, 0.05) is 6.04 Å². The summed E-state index contributed by atoms with van der Waals surface area (Å²) in [5, 5.41) is 8.72. The average Bonchev–Trinajstić information content (AvgIpc) is 2.85. The highest BCUT2D eigenvalue weighted by molar-refractivity contribution is 5.38. The van der Waals surface area contributed by atoms with Gasteiger partial charge in [0.25, 0.3) is 0 Å². The van der Waals surface area contributed by atoms with Crippen molar-refractivity contribution in [2.45, 2.75) is 25.8 Å². The Morgan fingerprint density at radius 2 is 2.29 bits per heavy atom. The first-order valence-corrected chi connectivity index (χ1v) is 4.96. The number of hydrogen-bond donors (Lipinski definition) is 1. The molecular weight excluding hydrogens is 172 g/mol. The van der Waals surface area contributed by atoms with Crippen molar-refractivity contribution in [2.24, 2.45) is 11.7 Å². The second-order valence-electron chi connectivity index (χ2n) is 4.12. The fraction of sp³-hybridized carbons (Fsp3) is 0.417. The van der Waals surface area contributed by atoms with Gasteiger partial charge in [-0.1, -0.05) is 6.07 Å². The third kappa shape index (κ3) is 1.78. The number of nitriles is 1. The lowest BCUT2D eigenvalue weighted by Crippen LogP contribution is -2.04. The summed E-state index contributed by atoms with van der Waals surface area (Å²) in [5.74, 6) is 0.668. The number of benzene rings is 1. The average molecular weight is 186 g/mol. The van der Waals surface area contributed by atoms with Gasteiger partial charge in [-0.2, -0.15) is 5.26 Å². The third-order valence-electron chi connectivity index (χ3n) is 2.93. The first-order chi connectivity index (χ1) is 6.70. The topological polar surface area (TPSA) is 49.8 Å². The number of nitrogens with zero attached hydrogens (tertiary/aromatic N) is 1. The van der Waals surface area contributed by atoms with Crippen LogP contribution in [0.15, 0.2) is 18.2 Å². The zero-order valence-corrected chi connectivity index (χ0v) is 8.33. The first-order valence-electron chi connectivity index (χ1n) is 4.96. The van der Waals surface area contributed by atoms with E-state index in [1.807, 2.05) is 12.1 Å². The summed E-state index contributed by atoms with van der Waals surface area (Å²) in [7, 11) is 0. The standard InChI is InChI=1S/C12H14N2/c1-8-4-9(7-13)2-3-10(8)5-11-6-12(11)14/h2-4,11-12H,5-6,14H2,1H3. The predicted molar refractivity (Wildman–Crippen MR) is 55.7 cm³/mol. The Kier molecular flexibility index (Phi) is 2.26. The van der Waals surface area contributed by atoms with E-state index in [1.54, 1.807) is 0 Å². The Balaban J connectivity index is 2.15. The van der Waals surface area contributed by atoms with Crippen LogP contribution in [-0.2, 0) is 6.42 Å². The molecule has 14 heavy (non-hydrogen) atoms. The van der Waals surface area contributed by atoms with Gasteiger partial charge in [-0.05, 0) is 48.9 Å². The van der Waals surface area contributed by atoms with Gasteiger partial charge < -0.3 is 5.73 Å². The van der Waals surface area contributed by atoms with Crippen molar-refractivity contribution in [3.05, 3.63) is 34.9 Å². The van der Waals surface area contributed by atoms with Crippen molar-refractivity contribution in [3.63, 3.8) is 0 Å². The van der Waals surface area contributed by atoms with Crippen LogP contribution in [0.2, 0.25) is 0 Å². The monoisotopic (exact) mass is 186 g/mol. The lowest BCUT2D eigenvalue weighted by molar-refractivity contribution is 0.782. The largest absolute Gasteiger partial charge is 0.327 e. The van der Waals surface area contributed by atoms with Gasteiger partial charge in [-0.15, -0.1) is 0 Å². The fourth-order valence-electron chi connectivity index (χ4n) is 1.78. The molecule has 2 N–H and O–H groups in total. The molecule has 2 unspecified atom stereocenters. The summed E-state index contributed by atoms with van der Waals surface area (Å²) >= 11 is 0. The molecular formula is C12H14N2. The molecule has 0 radical (unpaired) electrons. The minimum atomic E-state index is 0.407. The Bertz CT molecular complexity index is 390. The van der Waals surface area contributed by atoms with Gasteiger partial charge in [0.1, 0.15) is 0 Å². The summed E-state index contributed by atoms with van der Waals surface area (Å²) in [6.45, 7) is 2.06. The van der Waals surface area contributed by atoms with E-state index in [0.717, 1.165) is 18.4 Å². The van der Waals surface area contributed by atoms with Crippen molar-refractivity contribution >= 4 is 0 Å². The summed E-state index contributed by atoms with van der Waals surface area (Å²) in [6, 6.07) is 8.44. The normalized spacial score (nSPS) is 24.4. The highest BCUT2D eigenvalue weighted by Crippen LogP contribution is 2.32. The molecule has 0 aliphatic heterocycles. The number of hydrogen-bond acceptors (Lipinski definition) is 2. The van der Waals surface area contributed by atoms with Crippen LogP contribution >= 0.6 is 0 Å². The maximum absolute atomic E-state index is 8.72. The second-order valence-corrected chi connectivity index (χ2v) is 4.12. The molecule has 1 aliphatic carbocycles. The molecule has 0 spiro atoms. The molecule has 2 heteroatoms. The van der Waals surface area contributed by atoms with E-state index in [9.17, 15) is 0 Å². The van der Waals surface area contributed by atoms with Crippen LogP contribution in [0, 0.1) is 24.2 Å². The minimum Gasteiger partial charge on any atom is -0.327 e. The zero-order valence-electron chi connectivity index (χ0n) is 8.33. The van der Waals surface area contributed by atoms with Gasteiger partial charge in [0.2, 0.25) is 0 Å². The van der Waals surface area contributed by atoms with Crippen LogP contribution < -0.4 is 5.73 Å². The molecule has 1 fully saturated rings. The van der Waals surface area contributed by atoms with Crippen molar-refractivity contribution in [3.8, 4) is 6.07 Å². The van der Waals surface area contributed by atoms with E-state index in [1.165, 1.54) is 11.1 Å². The molecule has 0 heterocycles. The van der Waals surface area contributed by atoms with Gasteiger partial charge in [-0.25, -0.2) is 0 Å². The van der Waals surface area contributed by atoms with Crippen LogP contribution in [-0.4, -0.2) is 6.04 Å². The highest BCUT2D eigenvalue weighted by Gasteiger charge is 2.33. The smallest absolute Gasteiger partial charge is 0.0991 e. The summed E-state index contributed by atoms with van der Waals surface area (Å²) in [4.78, 5) is 0. The molecule has 1 saturated carbocycles. The van der Waals surface area contributed by atoms with Crippen LogP contribution in [0.25, 0.3) is 0 Å². The molecule has 2 atom stereocenters. The lowest BCUT2D eigenvalue weighted by atomic mass is 10.0. The maximum atomic E-state index is 8.72. The minimum absolute atomic E-state index is 0.407. The van der Waals surface area contributed by atoms with Crippen molar-refractivity contribution in [1.82, 2.24) is 0 Å². The van der Waals surface area contributed by atoms with Crippen LogP contribution in [0.5, 0.6) is 0 Å². The first kappa shape index (κ1) is 9.23. The Hall–Kier alpha value is -1.33. The van der Waals surface area contributed by atoms with E-state index < -0.39 is 0 Å². The van der Waals surface area contributed by atoms with Crippen LogP contribution in [0.4, 0.5) is 0 Å². The third-order valence-corrected chi connectivity index (χ3v) is 2.93. The molecule has 1 aromatic carbocycles. The highest BCUT2D eigenvalue weighted by atomic mass is 14.7. The quantitative estimate of drug-likeness (QED) is 0.765. The van der Waals surface area contributed by atoms with Crippen molar-refractivity contribution < 1.29 is 0 Å². The number of aryl methyl sites for hydroxylation is 1. The summed E-state index contributed by atoms with van der Waals surface area (Å²) in [6.07, 6.45) is 2.22. The molecule has 0 saturated heterocycles. The zero-order chi connectivity index (χ0) is 10.1. The number of nitrogens with two attached hydrogens (primary N) is 1. The maximum Gasteiger partial charge on any atom is 0.0991 e. The van der Waals surface area contributed by atoms with E-state index >= 15 is 0 Å². The summed E-state index contributed by atoms with van der Waals surface area (Å²) < 4.78 is 0. The van der Waals surface area contributed by atoms with Crippen molar-refractivity contribution in [2.75, 3.05) is 0 Å². The van der Waals surface area contributed by atoms with Gasteiger partial charge >= 0.3 is 0 Å². The van der Waals surface area contributed by atoms with Gasteiger partial charge in [-0.3, -0.25) is 0 Å². The molecule has 1 aromatic rings. The lowest BCUT2D eigenvalue weighted by Gasteiger charge is -2.04. The van der Waals surface area contributed by atoms with Gasteiger partial charge in [0.05, 0.1) is 11.6 Å². The molecule has 2 rings (SSSR count). The Labute approximate surface area is 84.3 Å². The molecule has 0 bridgehead atoms. The second kappa shape index (κ2) is 3.43. The Morgan fingerprint density at radius 3 is 2.79 bits per heavy atom. The molecule has 2 nitrogen and oxygen atoms in total.